The Kier molecular flexibility index (Phi) is 7.02. The molecule has 1 saturated heterocycles. The third-order valence-electron chi connectivity index (χ3n) is 4.79. The second-order valence-electron chi connectivity index (χ2n) is 6.79. The summed E-state index contributed by atoms with van der Waals surface area (Å²) in [6, 6.07) is 9.08. The number of methoxy groups -OCH3 is 1. The maximum Gasteiger partial charge on any atom is 0.411 e. The van der Waals surface area contributed by atoms with Gasteiger partial charge in [-0.15, -0.1) is 0 Å². The predicted octanol–water partition coefficient (Wildman–Crippen LogP) is 1.78. The molecule has 0 spiro atoms. The number of aliphatic imine (C=N–C) groups is 1. The van der Waals surface area contributed by atoms with Crippen LogP contribution in [-0.4, -0.2) is 55.4 Å². The van der Waals surface area contributed by atoms with E-state index < -0.39 is 6.09 Å². The van der Waals surface area contributed by atoms with Crippen LogP contribution in [0.15, 0.2) is 41.5 Å². The highest BCUT2D eigenvalue weighted by atomic mass is 19.1. The highest BCUT2D eigenvalue weighted by Crippen LogP contribution is 2.25. The minimum atomic E-state index is -1.31. The van der Waals surface area contributed by atoms with Crippen LogP contribution < -0.4 is 20.9 Å². The van der Waals surface area contributed by atoms with E-state index >= 15 is 4.39 Å². The largest absolute Gasteiger partial charge is 0.465 e. The van der Waals surface area contributed by atoms with Gasteiger partial charge in [-0.1, -0.05) is 12.1 Å². The lowest BCUT2D eigenvalue weighted by atomic mass is 10.1. The lowest BCUT2D eigenvalue weighted by Gasteiger charge is -2.37. The number of nitrogens with zero attached hydrogens (tertiary/aromatic N) is 4. The summed E-state index contributed by atoms with van der Waals surface area (Å²) < 4.78 is 20.1. The highest BCUT2D eigenvalue weighted by molar-refractivity contribution is 5.91. The molecule has 0 atom stereocenters. The molecule has 1 aliphatic rings. The van der Waals surface area contributed by atoms with Crippen LogP contribution in [0.5, 0.6) is 0 Å². The fourth-order valence-corrected chi connectivity index (χ4v) is 3.35. The number of ether oxygens (including phenoxy) is 1. The first-order valence-electron chi connectivity index (χ1n) is 9.49. The van der Waals surface area contributed by atoms with Crippen LogP contribution in [0.4, 0.5) is 20.6 Å². The van der Waals surface area contributed by atoms with Gasteiger partial charge in [0.2, 0.25) is 0 Å². The van der Waals surface area contributed by atoms with Crippen molar-refractivity contribution in [3.8, 4) is 0 Å². The van der Waals surface area contributed by atoms with Gasteiger partial charge in [0.1, 0.15) is 0 Å². The fourth-order valence-electron chi connectivity index (χ4n) is 3.35. The predicted molar refractivity (Wildman–Crippen MR) is 112 cm³/mol. The molecule has 2 heterocycles. The molecule has 1 aliphatic heterocycles. The average Bonchev–Trinajstić information content (AvgIpc) is 2.73. The molecule has 1 aromatic carbocycles. The summed E-state index contributed by atoms with van der Waals surface area (Å²) in [4.78, 5) is 23.0. The van der Waals surface area contributed by atoms with Crippen molar-refractivity contribution >= 4 is 23.4 Å². The van der Waals surface area contributed by atoms with Crippen molar-refractivity contribution in [3.63, 3.8) is 0 Å². The Labute approximate surface area is 174 Å². The minimum Gasteiger partial charge on any atom is -0.465 e. The molecule has 0 radical (unpaired) electrons. The molecule has 10 heteroatoms. The molecule has 2 aromatic rings. The van der Waals surface area contributed by atoms with E-state index in [1.54, 1.807) is 31.5 Å². The van der Waals surface area contributed by atoms with Gasteiger partial charge in [-0.05, 0) is 18.2 Å². The zero-order chi connectivity index (χ0) is 21.5. The third-order valence-corrected chi connectivity index (χ3v) is 4.79. The number of benzene rings is 1. The van der Waals surface area contributed by atoms with Crippen LogP contribution in [0.3, 0.4) is 0 Å². The van der Waals surface area contributed by atoms with E-state index in [0.29, 0.717) is 30.9 Å². The number of amides is 1. The van der Waals surface area contributed by atoms with Crippen molar-refractivity contribution in [1.82, 2.24) is 10.3 Å². The standard InChI is InChI=1S/C20H25FN6O3/c1-30-13-15-11-16(5-6-23-15)26-7-9-27(10-8-26)17-4-2-3-14(18(17)21)12-24-19(22)25-20(28)29/h2-6,11H,7-10,12-13H2,1H3,(H,28,29)(H3,22,24,25). The average molecular weight is 416 g/mol. The van der Waals surface area contributed by atoms with Crippen molar-refractivity contribution in [2.45, 2.75) is 13.2 Å². The van der Waals surface area contributed by atoms with E-state index in [2.05, 4.69) is 14.9 Å². The Morgan fingerprint density at radius 1 is 1.30 bits per heavy atom. The quantitative estimate of drug-likeness (QED) is 0.485. The van der Waals surface area contributed by atoms with Crippen LogP contribution in [0, 0.1) is 5.82 Å². The molecule has 0 unspecified atom stereocenters. The SMILES string of the molecule is COCc1cc(N2CCN(c3cccc(CN=C(N)NC(=O)O)c3F)CC2)ccn1. The van der Waals surface area contributed by atoms with Crippen LogP contribution in [0.25, 0.3) is 0 Å². The van der Waals surface area contributed by atoms with Gasteiger partial charge in [-0.25, -0.2) is 14.2 Å². The van der Waals surface area contributed by atoms with Crippen LogP contribution in [0.2, 0.25) is 0 Å². The van der Waals surface area contributed by atoms with Gasteiger partial charge in [0.05, 0.1) is 24.5 Å². The number of nitrogens with two attached hydrogens (primary N) is 1. The molecule has 160 valence electrons. The molecule has 3 rings (SSSR count). The number of anilines is 2. The summed E-state index contributed by atoms with van der Waals surface area (Å²) >= 11 is 0. The molecule has 30 heavy (non-hydrogen) atoms. The normalized spacial score (nSPS) is 14.7. The Bertz CT molecular complexity index is 915. The van der Waals surface area contributed by atoms with Crippen molar-refractivity contribution < 1.29 is 19.0 Å². The Morgan fingerprint density at radius 2 is 2.03 bits per heavy atom. The zero-order valence-electron chi connectivity index (χ0n) is 16.7. The van der Waals surface area contributed by atoms with Crippen LogP contribution >= 0.6 is 0 Å². The molecule has 1 amide bonds. The topological polar surface area (TPSA) is 116 Å². The van der Waals surface area contributed by atoms with Gasteiger partial charge >= 0.3 is 6.09 Å². The molecule has 1 fully saturated rings. The number of piperazine rings is 1. The molecular weight excluding hydrogens is 391 g/mol. The fraction of sp³-hybridized carbons (Fsp3) is 0.350. The summed E-state index contributed by atoms with van der Waals surface area (Å²) in [5.74, 6) is -0.643. The minimum absolute atomic E-state index is 0.0506. The number of aromatic nitrogens is 1. The Hall–Kier alpha value is -3.40. The van der Waals surface area contributed by atoms with Crippen LogP contribution in [-0.2, 0) is 17.9 Å². The summed E-state index contributed by atoms with van der Waals surface area (Å²) in [6.45, 7) is 3.22. The number of halogens is 1. The van der Waals surface area contributed by atoms with Gasteiger partial charge in [0.15, 0.2) is 11.8 Å². The monoisotopic (exact) mass is 416 g/mol. The third kappa shape index (κ3) is 5.35. The molecule has 0 saturated carbocycles. The maximum absolute atomic E-state index is 15.0. The van der Waals surface area contributed by atoms with E-state index in [1.165, 1.54) is 0 Å². The summed E-state index contributed by atoms with van der Waals surface area (Å²) in [6.07, 6.45) is 0.455. The number of pyridine rings is 1. The molecule has 0 aliphatic carbocycles. The van der Waals surface area contributed by atoms with E-state index in [-0.39, 0.29) is 18.3 Å². The van der Waals surface area contributed by atoms with Crippen molar-refractivity contribution in [1.29, 1.82) is 0 Å². The second kappa shape index (κ2) is 9.88. The van der Waals surface area contributed by atoms with Crippen LogP contribution in [0.1, 0.15) is 11.3 Å². The lowest BCUT2D eigenvalue weighted by Crippen LogP contribution is -2.47. The Morgan fingerprint density at radius 3 is 2.73 bits per heavy atom. The first kappa shape index (κ1) is 21.3. The number of nitrogens with one attached hydrogen (secondary N) is 1. The van der Waals surface area contributed by atoms with Gasteiger partial charge in [0, 0.05) is 50.7 Å². The summed E-state index contributed by atoms with van der Waals surface area (Å²) in [7, 11) is 1.64. The van der Waals surface area contributed by atoms with Crippen molar-refractivity contribution in [3.05, 3.63) is 53.6 Å². The first-order valence-corrected chi connectivity index (χ1v) is 9.49. The van der Waals surface area contributed by atoms with E-state index in [9.17, 15) is 4.79 Å². The van der Waals surface area contributed by atoms with Crippen molar-refractivity contribution in [2.24, 2.45) is 10.7 Å². The van der Waals surface area contributed by atoms with Crippen molar-refractivity contribution in [2.75, 3.05) is 43.1 Å². The first-order chi connectivity index (χ1) is 14.5. The zero-order valence-corrected chi connectivity index (χ0v) is 16.7. The number of hydrogen-bond donors (Lipinski definition) is 3. The highest BCUT2D eigenvalue weighted by Gasteiger charge is 2.21. The number of rotatable bonds is 6. The molecular formula is C20H25FN6O3. The smallest absolute Gasteiger partial charge is 0.411 e. The maximum atomic E-state index is 15.0. The summed E-state index contributed by atoms with van der Waals surface area (Å²) in [5, 5.41) is 10.6. The number of carbonyl (C=O) groups is 1. The van der Waals surface area contributed by atoms with E-state index in [4.69, 9.17) is 15.6 Å². The molecule has 4 N–H and O–H groups in total. The Balaban J connectivity index is 1.65. The summed E-state index contributed by atoms with van der Waals surface area (Å²) in [5.41, 5.74) is 8.25. The van der Waals surface area contributed by atoms with Gasteiger partial charge in [-0.2, -0.15) is 0 Å². The van der Waals surface area contributed by atoms with E-state index in [1.807, 2.05) is 22.3 Å². The number of carboxylic acid groups (broad SMARTS) is 1. The second-order valence-corrected chi connectivity index (χ2v) is 6.79. The number of hydrogen-bond acceptors (Lipinski definition) is 6. The molecule has 0 bridgehead atoms. The molecule has 1 aromatic heterocycles. The lowest BCUT2D eigenvalue weighted by molar-refractivity contribution is 0.181. The van der Waals surface area contributed by atoms with E-state index in [0.717, 1.165) is 24.5 Å². The molecule has 9 nitrogen and oxygen atoms in total. The van der Waals surface area contributed by atoms with Gasteiger partial charge in [0.25, 0.3) is 0 Å². The van der Waals surface area contributed by atoms with Gasteiger partial charge < -0.3 is 25.4 Å². The van der Waals surface area contributed by atoms with Gasteiger partial charge in [-0.3, -0.25) is 10.3 Å². The number of guanidine groups is 1.